The molecular weight excluding hydrogens is 495 g/mol. The fourth-order valence-corrected chi connectivity index (χ4v) is 5.59. The molecule has 3 heterocycles. The maximum absolute atomic E-state index is 12.4. The number of hydrogen-bond donors (Lipinski definition) is 1. The Balaban J connectivity index is 1.11. The molecule has 0 bridgehead atoms. The van der Waals surface area contributed by atoms with E-state index in [9.17, 15) is 18.0 Å². The maximum Gasteiger partial charge on any atom is 0.422 e. The van der Waals surface area contributed by atoms with Gasteiger partial charge in [0.2, 0.25) is 0 Å². The second-order valence-corrected chi connectivity index (χ2v) is 10.5. The highest BCUT2D eigenvalue weighted by Gasteiger charge is 2.30. The minimum Gasteiger partial charge on any atom is -0.481 e. The van der Waals surface area contributed by atoms with Gasteiger partial charge < -0.3 is 19.7 Å². The van der Waals surface area contributed by atoms with Crippen molar-refractivity contribution in [2.45, 2.75) is 64.1 Å². The first-order chi connectivity index (χ1) is 17.2. The smallest absolute Gasteiger partial charge is 0.422 e. The standard InChI is InChI=1S/C24H32F3N5O3S/c1-16-28-12-19(13-29-16)34-14-22(33)30-18-4-2-17(3-5-18)6-9-32-10-7-20-21(8-11-32)36-23(31-20)35-15-24(25,26)27/h12-13,17-18H,2-11,14-15H2,1H3,(H,30,33). The van der Waals surface area contributed by atoms with Crippen LogP contribution >= 0.6 is 11.3 Å². The van der Waals surface area contributed by atoms with Crippen LogP contribution in [0, 0.1) is 12.8 Å². The number of nitrogens with zero attached hydrogens (tertiary/aromatic N) is 4. The van der Waals surface area contributed by atoms with Gasteiger partial charge in [-0.1, -0.05) is 11.3 Å². The highest BCUT2D eigenvalue weighted by atomic mass is 32.1. The number of carbonyl (C=O) groups excluding carboxylic acids is 1. The normalized spacial score (nSPS) is 20.9. The molecule has 0 atom stereocenters. The summed E-state index contributed by atoms with van der Waals surface area (Å²) in [6, 6.07) is 0.181. The third-order valence-corrected chi connectivity index (χ3v) is 7.70. The Morgan fingerprint density at radius 1 is 1.14 bits per heavy atom. The number of nitrogens with one attached hydrogen (secondary N) is 1. The van der Waals surface area contributed by atoms with Crippen molar-refractivity contribution >= 4 is 17.2 Å². The first kappa shape index (κ1) is 26.6. The van der Waals surface area contributed by atoms with Crippen LogP contribution in [-0.4, -0.2) is 70.8 Å². The van der Waals surface area contributed by atoms with Gasteiger partial charge in [0.1, 0.15) is 5.82 Å². The maximum atomic E-state index is 12.4. The third kappa shape index (κ3) is 8.29. The van der Waals surface area contributed by atoms with Crippen molar-refractivity contribution in [3.8, 4) is 10.9 Å². The van der Waals surface area contributed by atoms with Crippen molar-refractivity contribution in [3.05, 3.63) is 28.8 Å². The van der Waals surface area contributed by atoms with Crippen LogP contribution in [0.2, 0.25) is 0 Å². The molecule has 0 unspecified atom stereocenters. The van der Waals surface area contributed by atoms with E-state index in [-0.39, 0.29) is 23.7 Å². The third-order valence-electron chi connectivity index (χ3n) is 6.63. The lowest BCUT2D eigenvalue weighted by molar-refractivity contribution is -0.153. The highest BCUT2D eigenvalue weighted by molar-refractivity contribution is 7.13. The second kappa shape index (κ2) is 12.2. The van der Waals surface area contributed by atoms with Crippen LogP contribution in [-0.2, 0) is 17.6 Å². The zero-order valence-corrected chi connectivity index (χ0v) is 21.2. The van der Waals surface area contributed by atoms with Gasteiger partial charge in [0.25, 0.3) is 11.1 Å². The van der Waals surface area contributed by atoms with Gasteiger partial charge in [-0.25, -0.2) is 15.0 Å². The quantitative estimate of drug-likeness (QED) is 0.532. The molecular formula is C24H32F3N5O3S. The number of fused-ring (bicyclic) bond motifs is 1. The van der Waals surface area contributed by atoms with E-state index in [2.05, 4.69) is 25.2 Å². The lowest BCUT2D eigenvalue weighted by Crippen LogP contribution is -2.40. The summed E-state index contributed by atoms with van der Waals surface area (Å²) in [5.41, 5.74) is 0.870. The molecule has 198 valence electrons. The summed E-state index contributed by atoms with van der Waals surface area (Å²) in [6.07, 6.45) is 5.50. The number of ether oxygens (including phenoxy) is 2. The summed E-state index contributed by atoms with van der Waals surface area (Å²) in [5, 5.41) is 3.19. The Bertz CT molecular complexity index is 968. The van der Waals surface area contributed by atoms with E-state index in [1.54, 1.807) is 19.3 Å². The van der Waals surface area contributed by atoms with Gasteiger partial charge in [-0.15, -0.1) is 0 Å². The number of aromatic nitrogens is 3. The fraction of sp³-hybridized carbons (Fsp3) is 0.667. The molecule has 0 spiro atoms. The number of hydrogen-bond acceptors (Lipinski definition) is 8. The van der Waals surface area contributed by atoms with Gasteiger partial charge in [-0.2, -0.15) is 13.2 Å². The van der Waals surface area contributed by atoms with E-state index >= 15 is 0 Å². The molecule has 8 nitrogen and oxygen atoms in total. The Labute approximate surface area is 212 Å². The largest absolute Gasteiger partial charge is 0.481 e. The van der Waals surface area contributed by atoms with Gasteiger partial charge in [0, 0.05) is 30.4 Å². The molecule has 1 amide bonds. The van der Waals surface area contributed by atoms with Gasteiger partial charge in [-0.05, 0) is 57.9 Å². The van der Waals surface area contributed by atoms with Gasteiger partial charge in [0.15, 0.2) is 19.0 Å². The summed E-state index contributed by atoms with van der Waals surface area (Å²) in [6.45, 7) is 3.18. The molecule has 0 radical (unpaired) electrons. The Kier molecular flexibility index (Phi) is 9.00. The first-order valence-electron chi connectivity index (χ1n) is 12.3. The zero-order chi connectivity index (χ0) is 25.5. The number of halogens is 3. The minimum atomic E-state index is -4.35. The van der Waals surface area contributed by atoms with Crippen LogP contribution in [0.4, 0.5) is 13.2 Å². The van der Waals surface area contributed by atoms with Crippen LogP contribution in [0.1, 0.15) is 48.5 Å². The van der Waals surface area contributed by atoms with Gasteiger partial charge >= 0.3 is 6.18 Å². The number of amides is 1. The molecule has 1 aliphatic heterocycles. The van der Waals surface area contributed by atoms with E-state index in [0.717, 1.165) is 75.2 Å². The molecule has 2 aromatic rings. The number of thiazole rings is 1. The van der Waals surface area contributed by atoms with Crippen LogP contribution < -0.4 is 14.8 Å². The van der Waals surface area contributed by atoms with E-state index in [1.165, 1.54) is 11.3 Å². The monoisotopic (exact) mass is 527 g/mol. The SMILES string of the molecule is Cc1ncc(OCC(=O)NC2CCC(CCN3CCc4nc(OCC(F)(F)F)sc4CC3)CC2)cn1. The van der Waals surface area contributed by atoms with Crippen molar-refractivity contribution < 1.29 is 27.4 Å². The Hall–Kier alpha value is -2.47. The molecule has 0 saturated heterocycles. The van der Waals surface area contributed by atoms with Crippen molar-refractivity contribution in [1.82, 2.24) is 25.2 Å². The lowest BCUT2D eigenvalue weighted by Gasteiger charge is -2.30. The summed E-state index contributed by atoms with van der Waals surface area (Å²) >= 11 is 1.24. The minimum absolute atomic E-state index is 0.0440. The van der Waals surface area contributed by atoms with Crippen LogP contribution in [0.25, 0.3) is 0 Å². The first-order valence-corrected chi connectivity index (χ1v) is 13.2. The van der Waals surface area contributed by atoms with Crippen LogP contribution in [0.3, 0.4) is 0 Å². The molecule has 12 heteroatoms. The van der Waals surface area contributed by atoms with Gasteiger partial charge in [-0.3, -0.25) is 4.79 Å². The van der Waals surface area contributed by atoms with Gasteiger partial charge in [0.05, 0.1) is 18.1 Å². The molecule has 0 aromatic carbocycles. The topological polar surface area (TPSA) is 89.5 Å². The Morgan fingerprint density at radius 3 is 2.58 bits per heavy atom. The molecule has 2 aliphatic rings. The predicted molar refractivity (Wildman–Crippen MR) is 128 cm³/mol. The summed E-state index contributed by atoms with van der Waals surface area (Å²) in [4.78, 5) is 28.1. The van der Waals surface area contributed by atoms with E-state index in [4.69, 9.17) is 9.47 Å². The van der Waals surface area contributed by atoms with E-state index in [0.29, 0.717) is 17.5 Å². The fourth-order valence-electron chi connectivity index (χ4n) is 4.65. The second-order valence-electron chi connectivity index (χ2n) is 9.42. The molecule has 1 aliphatic carbocycles. The molecule has 36 heavy (non-hydrogen) atoms. The molecule has 1 fully saturated rings. The van der Waals surface area contributed by atoms with E-state index in [1.807, 2.05) is 0 Å². The van der Waals surface area contributed by atoms with Crippen molar-refractivity contribution in [3.63, 3.8) is 0 Å². The molecule has 1 saturated carbocycles. The summed E-state index contributed by atoms with van der Waals surface area (Å²) < 4.78 is 47.4. The van der Waals surface area contributed by atoms with Crippen LogP contribution in [0.5, 0.6) is 10.9 Å². The number of aryl methyl sites for hydroxylation is 1. The number of carbonyl (C=O) groups is 1. The number of rotatable bonds is 9. The lowest BCUT2D eigenvalue weighted by atomic mass is 9.84. The zero-order valence-electron chi connectivity index (χ0n) is 20.4. The van der Waals surface area contributed by atoms with Crippen molar-refractivity contribution in [1.29, 1.82) is 0 Å². The molecule has 4 rings (SSSR count). The average Bonchev–Trinajstić information content (AvgIpc) is 3.15. The molecule has 2 aromatic heterocycles. The van der Waals surface area contributed by atoms with Crippen molar-refractivity contribution in [2.75, 3.05) is 32.8 Å². The highest BCUT2D eigenvalue weighted by Crippen LogP contribution is 2.31. The van der Waals surface area contributed by atoms with E-state index < -0.39 is 12.8 Å². The number of alkyl halides is 3. The summed E-state index contributed by atoms with van der Waals surface area (Å²) in [7, 11) is 0. The van der Waals surface area contributed by atoms with Crippen molar-refractivity contribution in [2.24, 2.45) is 5.92 Å². The molecule has 1 N–H and O–H groups in total. The predicted octanol–water partition coefficient (Wildman–Crippen LogP) is 3.73. The summed E-state index contributed by atoms with van der Waals surface area (Å²) in [5.74, 6) is 1.64. The Morgan fingerprint density at radius 2 is 1.86 bits per heavy atom. The van der Waals surface area contributed by atoms with Crippen LogP contribution in [0.15, 0.2) is 12.4 Å². The average molecular weight is 528 g/mol.